The second-order valence-corrected chi connectivity index (χ2v) is 5.95. The molecule has 0 aliphatic rings. The normalized spacial score (nSPS) is 10.9. The van der Waals surface area contributed by atoms with E-state index < -0.39 is 16.4 Å². The average molecular weight is 378 g/mol. The van der Waals surface area contributed by atoms with Crippen LogP contribution in [-0.4, -0.2) is 4.92 Å². The molecule has 0 saturated heterocycles. The minimum Gasteiger partial charge on any atom is -0.482 e. The Hall–Kier alpha value is -2.93. The van der Waals surface area contributed by atoms with Gasteiger partial charge in [-0.2, -0.15) is 0 Å². The van der Waals surface area contributed by atoms with Crippen LogP contribution in [0.5, 0.6) is 5.75 Å². The van der Waals surface area contributed by atoms with E-state index >= 15 is 0 Å². The number of nitro groups is 1. The van der Waals surface area contributed by atoms with E-state index in [2.05, 4.69) is 0 Å². The summed E-state index contributed by atoms with van der Waals surface area (Å²) < 4.78 is 24.0. The highest BCUT2D eigenvalue weighted by molar-refractivity contribution is 6.32. The maximum absolute atomic E-state index is 13.4. The van der Waals surface area contributed by atoms with Crippen LogP contribution >= 0.6 is 11.6 Å². The van der Waals surface area contributed by atoms with Gasteiger partial charge in [-0.05, 0) is 30.2 Å². The quantitative estimate of drug-likeness (QED) is 0.367. The Bertz CT molecular complexity index is 1060. The maximum atomic E-state index is 13.4. The van der Waals surface area contributed by atoms with Crippen LogP contribution in [0.2, 0.25) is 5.02 Å². The number of ether oxygens (including phenoxy) is 1. The molecule has 0 spiro atoms. The van der Waals surface area contributed by atoms with Gasteiger partial charge in [0.25, 0.3) is 0 Å². The van der Waals surface area contributed by atoms with Crippen molar-refractivity contribution in [1.82, 2.24) is 0 Å². The van der Waals surface area contributed by atoms with Crippen molar-refractivity contribution in [1.29, 1.82) is 0 Å². The highest BCUT2D eigenvalue weighted by Crippen LogP contribution is 2.30. The molecule has 2 aromatic carbocycles. The van der Waals surface area contributed by atoms with E-state index in [0.717, 1.165) is 23.8 Å². The van der Waals surface area contributed by atoms with Crippen LogP contribution in [0.1, 0.15) is 18.1 Å². The number of hydrogen-bond donors (Lipinski definition) is 0. The maximum Gasteiger partial charge on any atom is 0.336 e. The number of hydrogen-bond acceptors (Lipinski definition) is 5. The molecule has 0 bridgehead atoms. The van der Waals surface area contributed by atoms with E-state index in [-0.39, 0.29) is 18.0 Å². The van der Waals surface area contributed by atoms with Crippen molar-refractivity contribution in [2.24, 2.45) is 0 Å². The molecule has 0 saturated carbocycles. The monoisotopic (exact) mass is 377 g/mol. The van der Waals surface area contributed by atoms with Crippen molar-refractivity contribution in [3.05, 3.63) is 78.9 Å². The van der Waals surface area contributed by atoms with Gasteiger partial charge in [0.1, 0.15) is 18.0 Å². The fraction of sp³-hybridized carbons (Fsp3) is 0.167. The molecule has 3 aromatic rings. The molecule has 6 nitrogen and oxygen atoms in total. The van der Waals surface area contributed by atoms with E-state index in [4.69, 9.17) is 20.8 Å². The smallest absolute Gasteiger partial charge is 0.336 e. The second kappa shape index (κ2) is 7.13. The topological polar surface area (TPSA) is 82.6 Å². The largest absolute Gasteiger partial charge is 0.482 e. The Morgan fingerprint density at radius 1 is 1.23 bits per heavy atom. The highest BCUT2D eigenvalue weighted by atomic mass is 35.5. The van der Waals surface area contributed by atoms with Crippen molar-refractivity contribution in [3.63, 3.8) is 0 Å². The summed E-state index contributed by atoms with van der Waals surface area (Å²) in [5, 5.41) is 12.1. The Balaban J connectivity index is 2.02. The SMILES string of the molecule is CCc1cc2oc(=O)cc(COc3cc(F)ccc3[N+](=O)[O-])c2cc1Cl. The predicted octanol–water partition coefficient (Wildman–Crippen LogP) is 4.64. The van der Waals surface area contributed by atoms with Crippen molar-refractivity contribution in [2.45, 2.75) is 20.0 Å². The molecule has 3 rings (SSSR count). The molecule has 134 valence electrons. The van der Waals surface area contributed by atoms with Crippen molar-refractivity contribution in [2.75, 3.05) is 0 Å². The fourth-order valence-electron chi connectivity index (χ4n) is 2.59. The van der Waals surface area contributed by atoms with Crippen LogP contribution in [0.3, 0.4) is 0 Å². The summed E-state index contributed by atoms with van der Waals surface area (Å²) in [6.45, 7) is 1.73. The summed E-state index contributed by atoms with van der Waals surface area (Å²) >= 11 is 6.22. The van der Waals surface area contributed by atoms with E-state index in [9.17, 15) is 19.3 Å². The first kappa shape index (κ1) is 17.9. The number of nitrogens with zero attached hydrogens (tertiary/aromatic N) is 1. The van der Waals surface area contributed by atoms with Gasteiger partial charge in [0.15, 0.2) is 5.75 Å². The van der Waals surface area contributed by atoms with E-state index in [1.807, 2.05) is 6.92 Å². The van der Waals surface area contributed by atoms with Crippen molar-refractivity contribution < 1.29 is 18.5 Å². The molecule has 0 fully saturated rings. The van der Waals surface area contributed by atoms with Gasteiger partial charge in [-0.25, -0.2) is 9.18 Å². The fourth-order valence-corrected chi connectivity index (χ4v) is 2.89. The van der Waals surface area contributed by atoms with Gasteiger partial charge in [-0.15, -0.1) is 0 Å². The van der Waals surface area contributed by atoms with Crippen LogP contribution in [0.25, 0.3) is 11.0 Å². The number of fused-ring (bicyclic) bond motifs is 1. The number of halogens is 2. The lowest BCUT2D eigenvalue weighted by molar-refractivity contribution is -0.386. The van der Waals surface area contributed by atoms with Crippen LogP contribution in [0.4, 0.5) is 10.1 Å². The molecule has 8 heteroatoms. The van der Waals surface area contributed by atoms with Gasteiger partial charge in [0, 0.05) is 34.2 Å². The number of rotatable bonds is 5. The number of aryl methyl sites for hydroxylation is 1. The minimum atomic E-state index is -0.670. The summed E-state index contributed by atoms with van der Waals surface area (Å²) in [4.78, 5) is 22.2. The van der Waals surface area contributed by atoms with Crippen LogP contribution in [0.15, 0.2) is 45.6 Å². The second-order valence-electron chi connectivity index (χ2n) is 5.54. The van der Waals surface area contributed by atoms with Crippen LogP contribution in [-0.2, 0) is 13.0 Å². The molecular formula is C18H13ClFNO5. The minimum absolute atomic E-state index is 0.186. The lowest BCUT2D eigenvalue weighted by Crippen LogP contribution is -2.05. The molecule has 1 heterocycles. The summed E-state index contributed by atoms with van der Waals surface area (Å²) in [7, 11) is 0. The van der Waals surface area contributed by atoms with E-state index in [1.165, 1.54) is 6.07 Å². The van der Waals surface area contributed by atoms with Gasteiger partial charge >= 0.3 is 11.3 Å². The van der Waals surface area contributed by atoms with Gasteiger partial charge in [-0.1, -0.05) is 18.5 Å². The Morgan fingerprint density at radius 2 is 2.00 bits per heavy atom. The third kappa shape index (κ3) is 3.52. The average Bonchev–Trinajstić information content (AvgIpc) is 2.59. The van der Waals surface area contributed by atoms with Crippen molar-refractivity contribution in [3.8, 4) is 5.75 Å². The van der Waals surface area contributed by atoms with Gasteiger partial charge in [0.05, 0.1) is 4.92 Å². The summed E-state index contributed by atoms with van der Waals surface area (Å²) in [6.07, 6.45) is 0.661. The Labute approximate surface area is 151 Å². The molecule has 0 N–H and O–H groups in total. The molecule has 0 unspecified atom stereocenters. The number of benzene rings is 2. The first-order chi connectivity index (χ1) is 12.4. The molecule has 0 amide bonds. The van der Waals surface area contributed by atoms with Gasteiger partial charge < -0.3 is 9.15 Å². The van der Waals surface area contributed by atoms with Crippen LogP contribution in [0, 0.1) is 15.9 Å². The molecular weight excluding hydrogens is 365 g/mol. The Kier molecular flexibility index (Phi) is 4.90. The van der Waals surface area contributed by atoms with Crippen molar-refractivity contribution >= 4 is 28.3 Å². The predicted molar refractivity (Wildman–Crippen MR) is 94.3 cm³/mol. The zero-order chi connectivity index (χ0) is 18.8. The molecule has 1 aromatic heterocycles. The molecule has 0 radical (unpaired) electrons. The number of nitro benzene ring substituents is 1. The Morgan fingerprint density at radius 3 is 2.69 bits per heavy atom. The van der Waals surface area contributed by atoms with Gasteiger partial charge in [-0.3, -0.25) is 10.1 Å². The summed E-state index contributed by atoms with van der Waals surface area (Å²) in [5.74, 6) is -0.897. The third-order valence-corrected chi connectivity index (χ3v) is 4.23. The summed E-state index contributed by atoms with van der Waals surface area (Å²) in [6, 6.07) is 7.46. The third-order valence-electron chi connectivity index (χ3n) is 3.88. The molecule has 0 atom stereocenters. The van der Waals surface area contributed by atoms with E-state index in [0.29, 0.717) is 28.0 Å². The zero-order valence-electron chi connectivity index (χ0n) is 13.6. The summed E-state index contributed by atoms with van der Waals surface area (Å²) in [5.41, 5.74) is 0.630. The first-order valence-corrected chi connectivity index (χ1v) is 8.08. The zero-order valence-corrected chi connectivity index (χ0v) is 14.4. The molecule has 0 aliphatic heterocycles. The standard InChI is InChI=1S/C18H13ClFNO5/c1-2-10-5-16-13(8-14(10)19)11(6-18(22)26-16)9-25-17-7-12(20)3-4-15(17)21(23)24/h3-8H,2,9H2,1H3. The molecule has 0 aliphatic carbocycles. The van der Waals surface area contributed by atoms with Gasteiger partial charge in [0.2, 0.25) is 0 Å². The highest BCUT2D eigenvalue weighted by Gasteiger charge is 2.17. The molecule has 26 heavy (non-hydrogen) atoms. The lowest BCUT2D eigenvalue weighted by Gasteiger charge is -2.10. The first-order valence-electron chi connectivity index (χ1n) is 7.71. The van der Waals surface area contributed by atoms with Crippen LogP contribution < -0.4 is 10.4 Å². The van der Waals surface area contributed by atoms with E-state index in [1.54, 1.807) is 12.1 Å². The lowest BCUT2D eigenvalue weighted by atomic mass is 10.1.